The Bertz CT molecular complexity index is 504. The Morgan fingerprint density at radius 1 is 1.00 bits per heavy atom. The lowest BCUT2D eigenvalue weighted by Gasteiger charge is -2.23. The monoisotopic (exact) mass is 254 g/mol. The molecule has 0 radical (unpaired) electrons. The highest BCUT2D eigenvalue weighted by Gasteiger charge is 2.14. The summed E-state index contributed by atoms with van der Waals surface area (Å²) in [4.78, 5) is 4.35. The summed E-state index contributed by atoms with van der Waals surface area (Å²) in [5.41, 5.74) is 2.12. The first-order valence-electron chi connectivity index (χ1n) is 6.81. The molecule has 3 heteroatoms. The van der Waals surface area contributed by atoms with Crippen LogP contribution in [-0.2, 0) is 0 Å². The maximum Gasteiger partial charge on any atom is 0.119 e. The molecule has 1 saturated heterocycles. The topological polar surface area (TPSA) is 34.1 Å². The van der Waals surface area contributed by atoms with Crippen molar-refractivity contribution < 1.29 is 4.74 Å². The van der Waals surface area contributed by atoms with Gasteiger partial charge in [0.1, 0.15) is 11.9 Å². The number of ether oxygens (including phenoxy) is 1. The van der Waals surface area contributed by atoms with Gasteiger partial charge in [-0.15, -0.1) is 0 Å². The van der Waals surface area contributed by atoms with Crippen molar-refractivity contribution in [3.8, 4) is 17.0 Å². The zero-order chi connectivity index (χ0) is 12.9. The molecular formula is C16H18N2O. The Morgan fingerprint density at radius 2 is 1.79 bits per heavy atom. The maximum absolute atomic E-state index is 5.99. The molecule has 0 unspecified atom stereocenters. The number of hydrogen-bond acceptors (Lipinski definition) is 3. The van der Waals surface area contributed by atoms with Crippen LogP contribution in [0.15, 0.2) is 48.7 Å². The summed E-state index contributed by atoms with van der Waals surface area (Å²) in [5.74, 6) is 0.951. The quantitative estimate of drug-likeness (QED) is 0.914. The second-order valence-corrected chi connectivity index (χ2v) is 4.81. The van der Waals surface area contributed by atoms with Crippen molar-refractivity contribution in [1.29, 1.82) is 0 Å². The van der Waals surface area contributed by atoms with Crippen LogP contribution in [0.1, 0.15) is 12.8 Å². The molecule has 0 amide bonds. The van der Waals surface area contributed by atoms with E-state index in [1.165, 1.54) is 0 Å². The van der Waals surface area contributed by atoms with E-state index in [2.05, 4.69) is 22.4 Å². The van der Waals surface area contributed by atoms with Crippen molar-refractivity contribution in [3.63, 3.8) is 0 Å². The van der Waals surface area contributed by atoms with E-state index in [9.17, 15) is 0 Å². The summed E-state index contributed by atoms with van der Waals surface area (Å²) in [6, 6.07) is 14.2. The second-order valence-electron chi connectivity index (χ2n) is 4.81. The third-order valence-electron chi connectivity index (χ3n) is 3.40. The molecule has 1 N–H and O–H groups in total. The molecule has 1 aliphatic heterocycles. The fourth-order valence-electron chi connectivity index (χ4n) is 2.34. The fourth-order valence-corrected chi connectivity index (χ4v) is 2.34. The van der Waals surface area contributed by atoms with Crippen molar-refractivity contribution >= 4 is 0 Å². The number of nitrogens with one attached hydrogen (secondary N) is 1. The van der Waals surface area contributed by atoms with Crippen LogP contribution in [0.2, 0.25) is 0 Å². The van der Waals surface area contributed by atoms with Crippen molar-refractivity contribution in [3.05, 3.63) is 48.7 Å². The molecule has 1 aromatic heterocycles. The minimum absolute atomic E-state index is 0.349. The first-order chi connectivity index (χ1) is 9.42. The van der Waals surface area contributed by atoms with Gasteiger partial charge in [-0.1, -0.05) is 6.07 Å². The SMILES string of the molecule is c1ccc(-c2ccc(OC3CCNCC3)cc2)nc1. The lowest BCUT2D eigenvalue weighted by atomic mass is 10.1. The van der Waals surface area contributed by atoms with Crippen LogP contribution in [0.3, 0.4) is 0 Å². The van der Waals surface area contributed by atoms with Gasteiger partial charge in [0.15, 0.2) is 0 Å². The molecular weight excluding hydrogens is 236 g/mol. The normalized spacial score (nSPS) is 16.2. The molecule has 19 heavy (non-hydrogen) atoms. The van der Waals surface area contributed by atoms with Gasteiger partial charge in [0, 0.05) is 11.8 Å². The summed E-state index contributed by atoms with van der Waals surface area (Å²) in [6.45, 7) is 2.10. The van der Waals surface area contributed by atoms with Crippen LogP contribution in [0.4, 0.5) is 0 Å². The number of pyridine rings is 1. The summed E-state index contributed by atoms with van der Waals surface area (Å²) in [5, 5.41) is 3.34. The summed E-state index contributed by atoms with van der Waals surface area (Å²) in [6.07, 6.45) is 4.33. The largest absolute Gasteiger partial charge is 0.490 e. The van der Waals surface area contributed by atoms with Crippen LogP contribution < -0.4 is 10.1 Å². The van der Waals surface area contributed by atoms with Gasteiger partial charge in [-0.05, 0) is 62.3 Å². The molecule has 2 heterocycles. The van der Waals surface area contributed by atoms with Gasteiger partial charge < -0.3 is 10.1 Å². The highest BCUT2D eigenvalue weighted by atomic mass is 16.5. The van der Waals surface area contributed by atoms with Gasteiger partial charge in [-0.3, -0.25) is 4.98 Å². The Kier molecular flexibility index (Phi) is 3.75. The third-order valence-corrected chi connectivity index (χ3v) is 3.40. The standard InChI is InChI=1S/C16H18N2O/c1-2-10-18-16(3-1)13-4-6-14(7-5-13)19-15-8-11-17-12-9-15/h1-7,10,15,17H,8-9,11-12H2. The van der Waals surface area contributed by atoms with E-state index in [-0.39, 0.29) is 0 Å². The zero-order valence-electron chi connectivity index (χ0n) is 10.9. The molecule has 3 rings (SSSR count). The minimum Gasteiger partial charge on any atom is -0.490 e. The fraction of sp³-hybridized carbons (Fsp3) is 0.312. The van der Waals surface area contributed by atoms with Crippen LogP contribution in [-0.4, -0.2) is 24.2 Å². The van der Waals surface area contributed by atoms with Gasteiger partial charge in [0.25, 0.3) is 0 Å². The minimum atomic E-state index is 0.349. The number of piperidine rings is 1. The molecule has 1 fully saturated rings. The van der Waals surface area contributed by atoms with Crippen molar-refractivity contribution in [2.24, 2.45) is 0 Å². The molecule has 1 aliphatic rings. The van der Waals surface area contributed by atoms with Gasteiger partial charge in [-0.25, -0.2) is 0 Å². The van der Waals surface area contributed by atoms with Crippen molar-refractivity contribution in [2.45, 2.75) is 18.9 Å². The number of benzene rings is 1. The van der Waals surface area contributed by atoms with Crippen LogP contribution in [0, 0.1) is 0 Å². The highest BCUT2D eigenvalue weighted by molar-refractivity contribution is 5.59. The second kappa shape index (κ2) is 5.85. The predicted octanol–water partition coefficient (Wildman–Crippen LogP) is 2.88. The van der Waals surface area contributed by atoms with E-state index in [4.69, 9.17) is 4.74 Å². The van der Waals surface area contributed by atoms with E-state index in [1.807, 2.05) is 36.5 Å². The van der Waals surface area contributed by atoms with Crippen LogP contribution >= 0.6 is 0 Å². The zero-order valence-corrected chi connectivity index (χ0v) is 10.9. The molecule has 3 nitrogen and oxygen atoms in total. The first kappa shape index (κ1) is 12.2. The number of aromatic nitrogens is 1. The number of nitrogens with zero attached hydrogens (tertiary/aromatic N) is 1. The van der Waals surface area contributed by atoms with Crippen LogP contribution in [0.5, 0.6) is 5.75 Å². The molecule has 0 bridgehead atoms. The molecule has 0 spiro atoms. The Hall–Kier alpha value is -1.87. The Labute approximate surface area is 113 Å². The van der Waals surface area contributed by atoms with Gasteiger partial charge in [-0.2, -0.15) is 0 Å². The number of hydrogen-bond donors (Lipinski definition) is 1. The lowest BCUT2D eigenvalue weighted by molar-refractivity contribution is 0.162. The van der Waals surface area contributed by atoms with E-state index in [0.29, 0.717) is 6.10 Å². The number of rotatable bonds is 3. The van der Waals surface area contributed by atoms with Gasteiger partial charge >= 0.3 is 0 Å². The molecule has 0 atom stereocenters. The first-order valence-corrected chi connectivity index (χ1v) is 6.81. The summed E-state index contributed by atoms with van der Waals surface area (Å²) in [7, 11) is 0. The van der Waals surface area contributed by atoms with Crippen molar-refractivity contribution in [2.75, 3.05) is 13.1 Å². The molecule has 98 valence electrons. The average Bonchev–Trinajstić information content (AvgIpc) is 2.50. The Balaban J connectivity index is 1.68. The van der Waals surface area contributed by atoms with Gasteiger partial charge in [0.05, 0.1) is 5.69 Å². The molecule has 1 aromatic carbocycles. The predicted molar refractivity (Wildman–Crippen MR) is 76.2 cm³/mol. The lowest BCUT2D eigenvalue weighted by Crippen LogP contribution is -2.34. The van der Waals surface area contributed by atoms with Gasteiger partial charge in [0.2, 0.25) is 0 Å². The average molecular weight is 254 g/mol. The highest BCUT2D eigenvalue weighted by Crippen LogP contribution is 2.22. The van der Waals surface area contributed by atoms with Crippen LogP contribution in [0.25, 0.3) is 11.3 Å². The smallest absolute Gasteiger partial charge is 0.119 e. The van der Waals surface area contributed by atoms with E-state index in [1.54, 1.807) is 0 Å². The summed E-state index contributed by atoms with van der Waals surface area (Å²) < 4.78 is 5.99. The van der Waals surface area contributed by atoms with E-state index >= 15 is 0 Å². The Morgan fingerprint density at radius 3 is 2.47 bits per heavy atom. The molecule has 2 aromatic rings. The molecule has 0 aliphatic carbocycles. The van der Waals surface area contributed by atoms with E-state index < -0.39 is 0 Å². The van der Waals surface area contributed by atoms with E-state index in [0.717, 1.165) is 42.9 Å². The third kappa shape index (κ3) is 3.12. The summed E-state index contributed by atoms with van der Waals surface area (Å²) >= 11 is 0. The maximum atomic E-state index is 5.99. The molecule has 0 saturated carbocycles. The van der Waals surface area contributed by atoms with Crippen molar-refractivity contribution in [1.82, 2.24) is 10.3 Å².